The maximum atomic E-state index is 11.9. The first-order valence-electron chi connectivity index (χ1n) is 7.54. The Morgan fingerprint density at radius 1 is 1.24 bits per heavy atom. The molecule has 0 heterocycles. The minimum absolute atomic E-state index is 0.0300. The SMILES string of the molecule is CC(C)C(O)CCNC(=O)Nc1ccccc1C(C)(C)C. The molecule has 0 aromatic heterocycles. The van der Waals surface area contributed by atoms with Gasteiger partial charge in [0, 0.05) is 12.2 Å². The molecule has 0 fully saturated rings. The van der Waals surface area contributed by atoms with E-state index in [1.165, 1.54) is 0 Å². The molecule has 4 heteroatoms. The molecule has 3 N–H and O–H groups in total. The number of carbonyl (C=O) groups is 1. The minimum Gasteiger partial charge on any atom is -0.393 e. The number of benzene rings is 1. The van der Waals surface area contributed by atoms with E-state index in [2.05, 4.69) is 31.4 Å². The summed E-state index contributed by atoms with van der Waals surface area (Å²) in [6.45, 7) is 10.7. The molecule has 0 radical (unpaired) electrons. The number of nitrogens with one attached hydrogen (secondary N) is 2. The lowest BCUT2D eigenvalue weighted by Gasteiger charge is -2.23. The maximum absolute atomic E-state index is 11.9. The Hall–Kier alpha value is -1.55. The van der Waals surface area contributed by atoms with Crippen LogP contribution in [-0.4, -0.2) is 23.8 Å². The van der Waals surface area contributed by atoms with Crippen molar-refractivity contribution in [1.82, 2.24) is 5.32 Å². The van der Waals surface area contributed by atoms with Crippen molar-refractivity contribution in [3.63, 3.8) is 0 Å². The van der Waals surface area contributed by atoms with E-state index >= 15 is 0 Å². The van der Waals surface area contributed by atoms with Gasteiger partial charge in [0.1, 0.15) is 0 Å². The van der Waals surface area contributed by atoms with Crippen molar-refractivity contribution >= 4 is 11.7 Å². The van der Waals surface area contributed by atoms with Crippen LogP contribution in [0.4, 0.5) is 10.5 Å². The molecule has 0 aliphatic heterocycles. The van der Waals surface area contributed by atoms with Gasteiger partial charge in [0.25, 0.3) is 0 Å². The quantitative estimate of drug-likeness (QED) is 0.777. The first-order valence-corrected chi connectivity index (χ1v) is 7.54. The third-order valence-corrected chi connectivity index (χ3v) is 3.48. The lowest BCUT2D eigenvalue weighted by atomic mass is 9.86. The van der Waals surface area contributed by atoms with E-state index in [-0.39, 0.29) is 23.5 Å². The van der Waals surface area contributed by atoms with Crippen molar-refractivity contribution in [3.8, 4) is 0 Å². The zero-order valence-electron chi connectivity index (χ0n) is 13.7. The van der Waals surface area contributed by atoms with E-state index in [0.717, 1.165) is 11.3 Å². The Morgan fingerprint density at radius 3 is 2.43 bits per heavy atom. The van der Waals surface area contributed by atoms with Crippen LogP contribution in [-0.2, 0) is 5.41 Å². The van der Waals surface area contributed by atoms with Gasteiger partial charge >= 0.3 is 6.03 Å². The van der Waals surface area contributed by atoms with Gasteiger partial charge in [-0.05, 0) is 29.4 Å². The summed E-state index contributed by atoms with van der Waals surface area (Å²) in [4.78, 5) is 11.9. The van der Waals surface area contributed by atoms with Gasteiger partial charge in [-0.1, -0.05) is 52.8 Å². The van der Waals surface area contributed by atoms with Crippen LogP contribution in [0.2, 0.25) is 0 Å². The minimum atomic E-state index is -0.382. The topological polar surface area (TPSA) is 61.4 Å². The molecule has 1 aromatic carbocycles. The summed E-state index contributed by atoms with van der Waals surface area (Å²) >= 11 is 0. The number of para-hydroxylation sites is 1. The second kappa shape index (κ2) is 7.46. The number of aliphatic hydroxyl groups is 1. The highest BCUT2D eigenvalue weighted by molar-refractivity contribution is 5.90. The fourth-order valence-electron chi connectivity index (χ4n) is 2.08. The predicted molar refractivity (Wildman–Crippen MR) is 87.6 cm³/mol. The zero-order chi connectivity index (χ0) is 16.0. The Kier molecular flexibility index (Phi) is 6.21. The van der Waals surface area contributed by atoms with E-state index in [0.29, 0.717) is 13.0 Å². The van der Waals surface area contributed by atoms with E-state index < -0.39 is 0 Å². The fourth-order valence-corrected chi connectivity index (χ4v) is 2.08. The van der Waals surface area contributed by atoms with Crippen molar-refractivity contribution in [1.29, 1.82) is 0 Å². The van der Waals surface area contributed by atoms with Crippen molar-refractivity contribution in [2.45, 2.75) is 52.6 Å². The molecule has 1 unspecified atom stereocenters. The Balaban J connectivity index is 2.56. The van der Waals surface area contributed by atoms with E-state index in [9.17, 15) is 9.90 Å². The number of aliphatic hydroxyl groups excluding tert-OH is 1. The van der Waals surface area contributed by atoms with Gasteiger partial charge in [0.15, 0.2) is 0 Å². The molecule has 0 saturated heterocycles. The molecule has 0 bridgehead atoms. The molecule has 0 aliphatic carbocycles. The fraction of sp³-hybridized carbons (Fsp3) is 0.588. The first kappa shape index (κ1) is 17.5. The summed E-state index contributed by atoms with van der Waals surface area (Å²) in [5.41, 5.74) is 1.90. The molecule has 1 rings (SSSR count). The maximum Gasteiger partial charge on any atom is 0.319 e. The van der Waals surface area contributed by atoms with Crippen LogP contribution < -0.4 is 10.6 Å². The summed E-state index contributed by atoms with van der Waals surface area (Å²) < 4.78 is 0. The Morgan fingerprint density at radius 2 is 1.86 bits per heavy atom. The highest BCUT2D eigenvalue weighted by Gasteiger charge is 2.18. The van der Waals surface area contributed by atoms with Gasteiger partial charge in [-0.3, -0.25) is 0 Å². The first-order chi connectivity index (χ1) is 9.71. The standard InChI is InChI=1S/C17H28N2O2/c1-12(2)15(20)10-11-18-16(21)19-14-9-7-6-8-13(14)17(3,4)5/h6-9,12,15,20H,10-11H2,1-5H3,(H2,18,19,21). The summed E-state index contributed by atoms with van der Waals surface area (Å²) in [5.74, 6) is 0.205. The number of carbonyl (C=O) groups excluding carboxylic acids is 1. The number of rotatable bonds is 5. The normalized spacial score (nSPS) is 13.1. The second-order valence-corrected chi connectivity index (χ2v) is 6.78. The predicted octanol–water partition coefficient (Wildman–Crippen LogP) is 3.51. The summed E-state index contributed by atoms with van der Waals surface area (Å²) in [6, 6.07) is 7.58. The van der Waals surface area contributed by atoms with Crippen LogP contribution >= 0.6 is 0 Å². The average Bonchev–Trinajstić information content (AvgIpc) is 2.37. The second-order valence-electron chi connectivity index (χ2n) is 6.78. The molecule has 1 atom stereocenters. The smallest absolute Gasteiger partial charge is 0.319 e. The van der Waals surface area contributed by atoms with Gasteiger partial charge in [-0.2, -0.15) is 0 Å². The third-order valence-electron chi connectivity index (χ3n) is 3.48. The van der Waals surface area contributed by atoms with Gasteiger partial charge in [0.2, 0.25) is 0 Å². The number of urea groups is 1. The van der Waals surface area contributed by atoms with Gasteiger partial charge in [-0.15, -0.1) is 0 Å². The van der Waals surface area contributed by atoms with Crippen LogP contribution in [0.5, 0.6) is 0 Å². The third kappa shape index (κ3) is 5.76. The van der Waals surface area contributed by atoms with Crippen LogP contribution in [0, 0.1) is 5.92 Å². The molecule has 4 nitrogen and oxygen atoms in total. The molecule has 21 heavy (non-hydrogen) atoms. The number of hydrogen-bond donors (Lipinski definition) is 3. The molecule has 0 spiro atoms. The lowest BCUT2D eigenvalue weighted by molar-refractivity contribution is 0.117. The molecule has 0 aliphatic rings. The van der Waals surface area contributed by atoms with E-state index in [1.807, 2.05) is 38.1 Å². The number of amides is 2. The Labute approximate surface area is 128 Å². The van der Waals surface area contributed by atoms with Crippen molar-refractivity contribution in [2.75, 3.05) is 11.9 Å². The number of hydrogen-bond acceptors (Lipinski definition) is 2. The highest BCUT2D eigenvalue weighted by Crippen LogP contribution is 2.29. The van der Waals surface area contributed by atoms with Gasteiger partial charge in [0.05, 0.1) is 6.10 Å². The molecule has 1 aromatic rings. The largest absolute Gasteiger partial charge is 0.393 e. The van der Waals surface area contributed by atoms with Crippen molar-refractivity contribution < 1.29 is 9.90 Å². The molecule has 0 saturated carbocycles. The average molecular weight is 292 g/mol. The van der Waals surface area contributed by atoms with Gasteiger partial charge < -0.3 is 15.7 Å². The van der Waals surface area contributed by atoms with Crippen molar-refractivity contribution in [2.24, 2.45) is 5.92 Å². The number of anilines is 1. The van der Waals surface area contributed by atoms with Crippen LogP contribution in [0.25, 0.3) is 0 Å². The van der Waals surface area contributed by atoms with Crippen LogP contribution in [0.3, 0.4) is 0 Å². The highest BCUT2D eigenvalue weighted by atomic mass is 16.3. The molecule has 118 valence electrons. The van der Waals surface area contributed by atoms with E-state index in [1.54, 1.807) is 0 Å². The van der Waals surface area contributed by atoms with Crippen LogP contribution in [0.1, 0.15) is 46.6 Å². The Bertz CT molecular complexity index is 464. The zero-order valence-corrected chi connectivity index (χ0v) is 13.7. The molecular formula is C17H28N2O2. The van der Waals surface area contributed by atoms with Crippen molar-refractivity contribution in [3.05, 3.63) is 29.8 Å². The summed E-state index contributed by atoms with van der Waals surface area (Å²) in [5, 5.41) is 15.4. The van der Waals surface area contributed by atoms with E-state index in [4.69, 9.17) is 0 Å². The van der Waals surface area contributed by atoms with Gasteiger partial charge in [-0.25, -0.2) is 4.79 Å². The van der Waals surface area contributed by atoms with Crippen LogP contribution in [0.15, 0.2) is 24.3 Å². The summed E-state index contributed by atoms with van der Waals surface area (Å²) in [7, 11) is 0. The molecule has 2 amide bonds. The monoisotopic (exact) mass is 292 g/mol. The lowest BCUT2D eigenvalue weighted by Crippen LogP contribution is -2.33. The molecular weight excluding hydrogens is 264 g/mol. The summed E-state index contributed by atoms with van der Waals surface area (Å²) in [6.07, 6.45) is 0.179.